The SMILES string of the molecule is O=[PH](Cl)c1cc(Br)cc(Br)c1. The zero-order chi connectivity index (χ0) is 8.43. The number of benzene rings is 1. The molecule has 0 saturated heterocycles. The lowest BCUT2D eigenvalue weighted by atomic mass is 10.4. The molecule has 1 unspecified atom stereocenters. The van der Waals surface area contributed by atoms with E-state index >= 15 is 0 Å². The summed E-state index contributed by atoms with van der Waals surface area (Å²) in [4.78, 5) is 0. The van der Waals surface area contributed by atoms with Crippen LogP contribution in [0.1, 0.15) is 0 Å². The lowest BCUT2D eigenvalue weighted by Gasteiger charge is -1.97. The average Bonchev–Trinajstić information content (AvgIpc) is 1.85. The summed E-state index contributed by atoms with van der Waals surface area (Å²) < 4.78 is 12.6. The first-order valence-electron chi connectivity index (χ1n) is 2.75. The van der Waals surface area contributed by atoms with Gasteiger partial charge >= 0.3 is 0 Å². The predicted molar refractivity (Wildman–Crippen MR) is 56.3 cm³/mol. The Balaban J connectivity index is 3.19. The summed E-state index contributed by atoms with van der Waals surface area (Å²) in [6.45, 7) is 0. The Kier molecular flexibility index (Phi) is 3.63. The number of hydrogen-bond acceptors (Lipinski definition) is 1. The van der Waals surface area contributed by atoms with Gasteiger partial charge in [0.25, 0.3) is 0 Å². The van der Waals surface area contributed by atoms with Gasteiger partial charge in [-0.25, -0.2) is 0 Å². The van der Waals surface area contributed by atoms with Gasteiger partial charge in [0.2, 0.25) is 0 Å². The fraction of sp³-hybridized carbons (Fsp3) is 0. The summed E-state index contributed by atoms with van der Waals surface area (Å²) in [6, 6.07) is 5.36. The molecule has 1 aromatic carbocycles. The van der Waals surface area contributed by atoms with Crippen molar-refractivity contribution in [3.63, 3.8) is 0 Å². The second kappa shape index (κ2) is 4.08. The smallest absolute Gasteiger partial charge is 0.186 e. The molecule has 0 aliphatic rings. The van der Waals surface area contributed by atoms with Crippen LogP contribution in [-0.2, 0) is 4.57 Å². The van der Waals surface area contributed by atoms with Crippen LogP contribution in [0.5, 0.6) is 0 Å². The van der Waals surface area contributed by atoms with Crippen LogP contribution < -0.4 is 5.30 Å². The van der Waals surface area contributed by atoms with E-state index in [-0.39, 0.29) is 0 Å². The highest BCUT2D eigenvalue weighted by Gasteiger charge is 2.01. The zero-order valence-electron chi connectivity index (χ0n) is 5.27. The largest absolute Gasteiger partial charge is 0.305 e. The van der Waals surface area contributed by atoms with E-state index in [0.717, 1.165) is 8.95 Å². The van der Waals surface area contributed by atoms with Crippen LogP contribution in [0.25, 0.3) is 0 Å². The molecule has 0 amide bonds. The Bertz CT molecular complexity index is 282. The van der Waals surface area contributed by atoms with Crippen molar-refractivity contribution >= 4 is 55.6 Å². The van der Waals surface area contributed by atoms with Gasteiger partial charge in [0.15, 0.2) is 7.15 Å². The molecule has 0 aliphatic heterocycles. The first-order valence-corrected chi connectivity index (χ1v) is 6.76. The van der Waals surface area contributed by atoms with E-state index in [1.54, 1.807) is 12.1 Å². The first-order chi connectivity index (χ1) is 5.09. The molecule has 0 fully saturated rings. The molecular formula is C6H4Br2ClOP. The number of rotatable bonds is 1. The molecule has 0 aliphatic carbocycles. The van der Waals surface area contributed by atoms with E-state index in [2.05, 4.69) is 31.9 Å². The summed E-state index contributed by atoms with van der Waals surface area (Å²) in [5, 5.41) is 0.665. The van der Waals surface area contributed by atoms with Crippen molar-refractivity contribution in [2.75, 3.05) is 0 Å². The minimum Gasteiger partial charge on any atom is -0.305 e. The highest BCUT2D eigenvalue weighted by molar-refractivity contribution is 9.11. The second-order valence-corrected chi connectivity index (χ2v) is 5.92. The molecule has 0 N–H and O–H groups in total. The second-order valence-electron chi connectivity index (χ2n) is 1.93. The third-order valence-electron chi connectivity index (χ3n) is 1.09. The molecular weight excluding hydrogens is 314 g/mol. The van der Waals surface area contributed by atoms with Crippen molar-refractivity contribution < 1.29 is 4.57 Å². The highest BCUT2D eigenvalue weighted by atomic mass is 79.9. The van der Waals surface area contributed by atoms with Gasteiger partial charge in [-0.3, -0.25) is 0 Å². The van der Waals surface area contributed by atoms with E-state index in [1.165, 1.54) is 0 Å². The molecule has 1 atom stereocenters. The number of hydrogen-bond donors (Lipinski definition) is 0. The summed E-state index contributed by atoms with van der Waals surface area (Å²) in [6.07, 6.45) is 0. The fourth-order valence-electron chi connectivity index (χ4n) is 0.667. The maximum Gasteiger partial charge on any atom is 0.186 e. The maximum absolute atomic E-state index is 10.9. The Morgan fingerprint density at radius 2 is 1.64 bits per heavy atom. The molecule has 0 bridgehead atoms. The van der Waals surface area contributed by atoms with Crippen LogP contribution in [0.2, 0.25) is 0 Å². The van der Waals surface area contributed by atoms with Gasteiger partial charge in [-0.15, -0.1) is 0 Å². The van der Waals surface area contributed by atoms with Crippen LogP contribution in [0, 0.1) is 0 Å². The van der Waals surface area contributed by atoms with Gasteiger partial charge in [-0.05, 0) is 18.2 Å². The van der Waals surface area contributed by atoms with Gasteiger partial charge in [0.1, 0.15) is 0 Å². The van der Waals surface area contributed by atoms with Crippen LogP contribution in [0.4, 0.5) is 0 Å². The molecule has 1 rings (SSSR count). The summed E-state index contributed by atoms with van der Waals surface area (Å²) in [7, 11) is -2.09. The monoisotopic (exact) mass is 316 g/mol. The van der Waals surface area contributed by atoms with Gasteiger partial charge in [-0.1, -0.05) is 43.1 Å². The molecule has 0 spiro atoms. The van der Waals surface area contributed by atoms with Crippen molar-refractivity contribution in [2.45, 2.75) is 0 Å². The minimum atomic E-state index is -2.09. The average molecular weight is 318 g/mol. The molecule has 0 heterocycles. The first kappa shape index (κ1) is 9.79. The van der Waals surface area contributed by atoms with Crippen LogP contribution in [-0.4, -0.2) is 0 Å². The van der Waals surface area contributed by atoms with E-state index in [4.69, 9.17) is 11.2 Å². The summed E-state index contributed by atoms with van der Waals surface area (Å²) in [5.74, 6) is 0. The summed E-state index contributed by atoms with van der Waals surface area (Å²) >= 11 is 12.0. The predicted octanol–water partition coefficient (Wildman–Crippen LogP) is 3.55. The molecule has 1 aromatic rings. The Morgan fingerprint density at radius 3 is 2.00 bits per heavy atom. The van der Waals surface area contributed by atoms with Gasteiger partial charge in [0, 0.05) is 14.2 Å². The van der Waals surface area contributed by atoms with Gasteiger partial charge < -0.3 is 4.57 Å². The molecule has 0 aromatic heterocycles. The van der Waals surface area contributed by atoms with E-state index in [1.807, 2.05) is 6.07 Å². The quantitative estimate of drug-likeness (QED) is 0.724. The van der Waals surface area contributed by atoms with Crippen LogP contribution in [0.15, 0.2) is 27.1 Å². The standard InChI is InChI=1S/C6H4Br2ClOP/c7-4-1-5(8)3-6(2-4)11(9)10/h1-3,11H. The molecule has 11 heavy (non-hydrogen) atoms. The normalized spacial score (nSPS) is 13.0. The van der Waals surface area contributed by atoms with Gasteiger partial charge in [-0.2, -0.15) is 0 Å². The van der Waals surface area contributed by atoms with E-state index < -0.39 is 7.15 Å². The highest BCUT2D eigenvalue weighted by Crippen LogP contribution is 2.28. The topological polar surface area (TPSA) is 17.1 Å². The molecule has 1 nitrogen and oxygen atoms in total. The maximum atomic E-state index is 10.9. The Morgan fingerprint density at radius 1 is 1.18 bits per heavy atom. The van der Waals surface area contributed by atoms with Crippen molar-refractivity contribution in [1.82, 2.24) is 0 Å². The molecule has 60 valence electrons. The van der Waals surface area contributed by atoms with Gasteiger partial charge in [0.05, 0.1) is 0 Å². The number of halogens is 3. The fourth-order valence-corrected chi connectivity index (χ4v) is 3.25. The van der Waals surface area contributed by atoms with E-state index in [9.17, 15) is 4.57 Å². The third-order valence-corrected chi connectivity index (χ3v) is 3.40. The lowest BCUT2D eigenvalue weighted by molar-refractivity contribution is 0.600. The van der Waals surface area contributed by atoms with Crippen LogP contribution >= 0.6 is 50.3 Å². The molecule has 5 heteroatoms. The van der Waals surface area contributed by atoms with Crippen molar-refractivity contribution in [2.24, 2.45) is 0 Å². The van der Waals surface area contributed by atoms with E-state index in [0.29, 0.717) is 5.30 Å². The zero-order valence-corrected chi connectivity index (χ0v) is 10.2. The Labute approximate surface area is 87.0 Å². The molecule has 0 saturated carbocycles. The Hall–Kier alpha value is 0.700. The van der Waals surface area contributed by atoms with Crippen molar-refractivity contribution in [3.8, 4) is 0 Å². The van der Waals surface area contributed by atoms with Crippen molar-refractivity contribution in [3.05, 3.63) is 27.1 Å². The van der Waals surface area contributed by atoms with Crippen molar-refractivity contribution in [1.29, 1.82) is 0 Å². The lowest BCUT2D eigenvalue weighted by Crippen LogP contribution is -1.92. The summed E-state index contributed by atoms with van der Waals surface area (Å²) in [5.41, 5.74) is 0. The minimum absolute atomic E-state index is 0.665. The third kappa shape index (κ3) is 2.90. The van der Waals surface area contributed by atoms with Crippen LogP contribution in [0.3, 0.4) is 0 Å². The molecule has 0 radical (unpaired) electrons.